The fourth-order valence-corrected chi connectivity index (χ4v) is 1.81. The summed E-state index contributed by atoms with van der Waals surface area (Å²) in [7, 11) is 1.12. The predicted molar refractivity (Wildman–Crippen MR) is 51.5 cm³/mol. The number of hydrogen-bond acceptors (Lipinski definition) is 3. The normalized spacial score (nSPS) is 14.0. The third kappa shape index (κ3) is 2.49. The zero-order valence-electron chi connectivity index (χ0n) is 6.31. The van der Waals surface area contributed by atoms with Gasteiger partial charge in [-0.15, -0.1) is 0 Å². The first kappa shape index (κ1) is 10.6. The van der Waals surface area contributed by atoms with E-state index in [1.165, 1.54) is 12.1 Å². The average molecular weight is 241 g/mol. The van der Waals surface area contributed by atoms with Gasteiger partial charge in [-0.25, -0.2) is 8.42 Å². The first-order valence-electron chi connectivity index (χ1n) is 3.28. The van der Waals surface area contributed by atoms with Crippen LogP contribution in [0.15, 0.2) is 24.3 Å². The van der Waals surface area contributed by atoms with Crippen molar-refractivity contribution in [2.45, 2.75) is 4.71 Å². The molecule has 0 aliphatic heterocycles. The van der Waals surface area contributed by atoms with Gasteiger partial charge in [-0.3, -0.25) is 0 Å². The first-order chi connectivity index (χ1) is 5.93. The summed E-state index contributed by atoms with van der Waals surface area (Å²) in [5.41, 5.74) is 0.0826. The quantitative estimate of drug-likeness (QED) is 0.637. The molecular weight excluding hydrogens is 235 g/mol. The van der Waals surface area contributed by atoms with Gasteiger partial charge in [0.1, 0.15) is 5.75 Å². The fraction of sp³-hybridized carbons (Fsp3) is 0.143. The van der Waals surface area contributed by atoms with E-state index in [9.17, 15) is 13.5 Å². The van der Waals surface area contributed by atoms with Crippen molar-refractivity contribution in [3.8, 4) is 5.75 Å². The summed E-state index contributed by atoms with van der Waals surface area (Å²) >= 11 is 5.51. The lowest BCUT2D eigenvalue weighted by Gasteiger charge is -2.07. The van der Waals surface area contributed by atoms with Crippen LogP contribution in [0.3, 0.4) is 0 Å². The molecule has 0 fully saturated rings. The molecule has 0 radical (unpaired) electrons. The van der Waals surface area contributed by atoms with Crippen LogP contribution in [0.5, 0.6) is 5.75 Å². The number of para-hydroxylation sites is 1. The van der Waals surface area contributed by atoms with E-state index in [0.717, 1.165) is 0 Å². The van der Waals surface area contributed by atoms with Gasteiger partial charge in [0.05, 0.1) is 0 Å². The van der Waals surface area contributed by atoms with Crippen molar-refractivity contribution in [2.75, 3.05) is 0 Å². The predicted octanol–water partition coefficient (Wildman–Crippen LogP) is 2.20. The van der Waals surface area contributed by atoms with Crippen molar-refractivity contribution < 1.29 is 13.5 Å². The van der Waals surface area contributed by atoms with E-state index in [1.54, 1.807) is 12.1 Å². The first-order valence-corrected chi connectivity index (χ1v) is 6.09. The molecule has 1 N–H and O–H groups in total. The second-order valence-electron chi connectivity index (χ2n) is 2.35. The van der Waals surface area contributed by atoms with Gasteiger partial charge in [0.2, 0.25) is 0 Å². The highest BCUT2D eigenvalue weighted by Gasteiger charge is 2.24. The molecule has 1 aromatic rings. The van der Waals surface area contributed by atoms with Gasteiger partial charge in [0.15, 0.2) is 4.71 Å². The number of rotatable bonds is 2. The van der Waals surface area contributed by atoms with Crippen LogP contribution < -0.4 is 0 Å². The topological polar surface area (TPSA) is 54.4 Å². The minimum Gasteiger partial charge on any atom is -0.508 e. The molecule has 0 bridgehead atoms. The molecule has 0 amide bonds. The number of alkyl halides is 1. The molecule has 6 heteroatoms. The van der Waals surface area contributed by atoms with E-state index < -0.39 is 13.8 Å². The SMILES string of the molecule is O=S(=O)(Cl)C(Cl)c1ccccc1O. The van der Waals surface area contributed by atoms with Crippen molar-refractivity contribution >= 4 is 31.3 Å². The monoisotopic (exact) mass is 240 g/mol. The third-order valence-corrected chi connectivity index (χ3v) is 3.92. The number of hydrogen-bond donors (Lipinski definition) is 1. The molecule has 0 saturated heterocycles. The van der Waals surface area contributed by atoms with E-state index in [2.05, 4.69) is 0 Å². The third-order valence-electron chi connectivity index (χ3n) is 1.43. The largest absolute Gasteiger partial charge is 0.508 e. The number of benzene rings is 1. The van der Waals surface area contributed by atoms with Crippen LogP contribution in [0.2, 0.25) is 0 Å². The van der Waals surface area contributed by atoms with Crippen LogP contribution in [0, 0.1) is 0 Å². The summed E-state index contributed by atoms with van der Waals surface area (Å²) in [6, 6.07) is 5.86. The summed E-state index contributed by atoms with van der Waals surface area (Å²) < 4.78 is 20.2. The lowest BCUT2D eigenvalue weighted by molar-refractivity contribution is 0.469. The molecule has 1 rings (SSSR count). The number of phenols is 1. The second kappa shape index (κ2) is 3.74. The maximum absolute atomic E-state index is 10.8. The Hall–Kier alpha value is -0.450. The molecule has 0 heterocycles. The van der Waals surface area contributed by atoms with Crippen molar-refractivity contribution in [2.24, 2.45) is 0 Å². The zero-order chi connectivity index (χ0) is 10.1. The van der Waals surface area contributed by atoms with E-state index in [0.29, 0.717) is 0 Å². The highest BCUT2D eigenvalue weighted by Crippen LogP contribution is 2.34. The summed E-state index contributed by atoms with van der Waals surface area (Å²) in [4.78, 5) is 0. The molecule has 0 saturated carbocycles. The standard InChI is InChI=1S/C7H6Cl2O3S/c8-7(13(9,11)12)5-3-1-2-4-6(5)10/h1-4,7,10H. The number of aromatic hydroxyl groups is 1. The van der Waals surface area contributed by atoms with Gasteiger partial charge in [-0.1, -0.05) is 29.8 Å². The van der Waals surface area contributed by atoms with E-state index in [1.807, 2.05) is 0 Å². The van der Waals surface area contributed by atoms with E-state index in [-0.39, 0.29) is 11.3 Å². The molecule has 1 atom stereocenters. The van der Waals surface area contributed by atoms with Crippen molar-refractivity contribution in [3.63, 3.8) is 0 Å². The highest BCUT2D eigenvalue weighted by atomic mass is 35.7. The van der Waals surface area contributed by atoms with Gasteiger partial charge in [-0.05, 0) is 6.07 Å². The van der Waals surface area contributed by atoms with Gasteiger partial charge in [0.25, 0.3) is 9.05 Å². The van der Waals surface area contributed by atoms with Gasteiger partial charge >= 0.3 is 0 Å². The Morgan fingerprint density at radius 1 is 1.31 bits per heavy atom. The lowest BCUT2D eigenvalue weighted by atomic mass is 10.2. The maximum atomic E-state index is 10.8. The van der Waals surface area contributed by atoms with E-state index >= 15 is 0 Å². The fourth-order valence-electron chi connectivity index (χ4n) is 0.831. The lowest BCUT2D eigenvalue weighted by Crippen LogP contribution is -2.00. The minimum atomic E-state index is -3.90. The van der Waals surface area contributed by atoms with Crippen molar-refractivity contribution in [3.05, 3.63) is 29.8 Å². The van der Waals surface area contributed by atoms with Crippen molar-refractivity contribution in [1.29, 1.82) is 0 Å². The molecule has 1 unspecified atom stereocenters. The second-order valence-corrected chi connectivity index (χ2v) is 5.76. The van der Waals surface area contributed by atoms with E-state index in [4.69, 9.17) is 22.3 Å². The number of phenolic OH excluding ortho intramolecular Hbond substituents is 1. The van der Waals surface area contributed by atoms with Gasteiger partial charge in [0, 0.05) is 16.2 Å². The van der Waals surface area contributed by atoms with Crippen molar-refractivity contribution in [1.82, 2.24) is 0 Å². The molecule has 13 heavy (non-hydrogen) atoms. The van der Waals surface area contributed by atoms with Crippen LogP contribution in [-0.4, -0.2) is 13.5 Å². The van der Waals surface area contributed by atoms with Crippen LogP contribution in [-0.2, 0) is 9.05 Å². The summed E-state index contributed by atoms with van der Waals surface area (Å²) in [5.74, 6) is -0.188. The Bertz CT molecular complexity index is 402. The molecule has 1 aromatic carbocycles. The Morgan fingerprint density at radius 3 is 2.31 bits per heavy atom. The Labute approximate surface area is 85.3 Å². The summed E-state index contributed by atoms with van der Waals surface area (Å²) in [5, 5.41) is 9.24. The van der Waals surface area contributed by atoms with Gasteiger partial charge in [-0.2, -0.15) is 0 Å². The van der Waals surface area contributed by atoms with Crippen LogP contribution in [0.4, 0.5) is 0 Å². The number of halogens is 2. The zero-order valence-corrected chi connectivity index (χ0v) is 8.64. The molecule has 3 nitrogen and oxygen atoms in total. The van der Waals surface area contributed by atoms with Crippen LogP contribution in [0.25, 0.3) is 0 Å². The molecule has 0 aliphatic carbocycles. The maximum Gasteiger partial charge on any atom is 0.253 e. The highest BCUT2D eigenvalue weighted by molar-refractivity contribution is 8.14. The van der Waals surface area contributed by atoms with Gasteiger partial charge < -0.3 is 5.11 Å². The minimum absolute atomic E-state index is 0.0826. The van der Waals surface area contributed by atoms with Crippen LogP contribution >= 0.6 is 22.3 Å². The Kier molecular flexibility index (Phi) is 3.05. The molecule has 0 spiro atoms. The van der Waals surface area contributed by atoms with Crippen LogP contribution in [0.1, 0.15) is 10.3 Å². The Balaban J connectivity index is 3.17. The molecule has 0 aromatic heterocycles. The summed E-state index contributed by atoms with van der Waals surface area (Å²) in [6.07, 6.45) is 0. The summed E-state index contributed by atoms with van der Waals surface area (Å²) in [6.45, 7) is 0. The molecular formula is C7H6Cl2O3S. The average Bonchev–Trinajstić information content (AvgIpc) is 2.02. The Morgan fingerprint density at radius 2 is 1.85 bits per heavy atom. The molecule has 0 aliphatic rings. The smallest absolute Gasteiger partial charge is 0.253 e. The molecule has 72 valence electrons.